The number of ether oxygens (including phenoxy) is 4. The number of nitrogens with zero attached hydrogens (tertiary/aromatic N) is 3. The molecular weight excluding hydrogens is 673 g/mol. The molecule has 1 fully saturated rings. The number of hydrogen-bond donors (Lipinski definition) is 1. The second-order valence-electron chi connectivity index (χ2n) is 14.8. The Kier molecular flexibility index (Phi) is 12.2. The van der Waals surface area contributed by atoms with Crippen LogP contribution in [-0.2, 0) is 26.2 Å². The zero-order chi connectivity index (χ0) is 36.9. The number of methoxy groups -OCH3 is 2. The molecule has 0 spiro atoms. The average molecular weight is 727 g/mol. The largest absolute Gasteiger partial charge is 0.493 e. The quantitative estimate of drug-likeness (QED) is 0.206. The summed E-state index contributed by atoms with van der Waals surface area (Å²) in [7, 11) is 2.51. The van der Waals surface area contributed by atoms with Crippen LogP contribution in [0.3, 0.4) is 0 Å². The number of hydrogen-bond acceptors (Lipinski definition) is 9. The number of carbonyl (C=O) groups excluding carboxylic acids is 2. The normalized spacial score (nSPS) is 16.9. The van der Waals surface area contributed by atoms with Crippen LogP contribution in [0.4, 0.5) is 4.79 Å². The monoisotopic (exact) mass is 726 g/mol. The summed E-state index contributed by atoms with van der Waals surface area (Å²) in [4.78, 5) is 27.0. The Hall–Kier alpha value is -3.81. The lowest BCUT2D eigenvalue weighted by Crippen LogP contribution is -2.44. The number of amides is 1. The first-order valence-corrected chi connectivity index (χ1v) is 19.4. The maximum atomic E-state index is 12.7. The van der Waals surface area contributed by atoms with Crippen molar-refractivity contribution in [2.24, 2.45) is 5.92 Å². The molecular formula is C38H54N4O8S. The van der Waals surface area contributed by atoms with Crippen molar-refractivity contribution in [2.75, 3.05) is 54.6 Å². The van der Waals surface area contributed by atoms with Gasteiger partial charge in [-0.05, 0) is 102 Å². The molecule has 0 unspecified atom stereocenters. The van der Waals surface area contributed by atoms with Crippen molar-refractivity contribution >= 4 is 33.2 Å². The molecule has 1 N–H and O–H groups in total. The summed E-state index contributed by atoms with van der Waals surface area (Å²) in [5.74, 6) is 1.58. The topological polar surface area (TPSA) is 129 Å². The van der Waals surface area contributed by atoms with E-state index in [4.69, 9.17) is 18.9 Å². The Morgan fingerprint density at radius 3 is 2.45 bits per heavy atom. The SMILES string of the molecule is COC(=O)c1ccc2c(C3CCCCC3)c3n(c2c1)C[C@@H](CCN(C)CCCN(C)S(=O)(=O)NC(=O)OC(C)(C)C)COc1c(OC)cccc1-3. The van der Waals surface area contributed by atoms with Crippen LogP contribution in [0.2, 0.25) is 0 Å². The zero-order valence-corrected chi connectivity index (χ0v) is 31.9. The van der Waals surface area contributed by atoms with Gasteiger partial charge in [0.05, 0.1) is 32.1 Å². The van der Waals surface area contributed by atoms with E-state index in [0.717, 1.165) is 58.0 Å². The highest BCUT2D eigenvalue weighted by Gasteiger charge is 2.32. The summed E-state index contributed by atoms with van der Waals surface area (Å²) in [5.41, 5.74) is 4.19. The zero-order valence-electron chi connectivity index (χ0n) is 31.1. The van der Waals surface area contributed by atoms with E-state index in [-0.39, 0.29) is 18.4 Å². The Morgan fingerprint density at radius 1 is 1.02 bits per heavy atom. The van der Waals surface area contributed by atoms with Crippen LogP contribution in [0.5, 0.6) is 11.5 Å². The van der Waals surface area contributed by atoms with E-state index < -0.39 is 21.9 Å². The highest BCUT2D eigenvalue weighted by Crippen LogP contribution is 2.49. The van der Waals surface area contributed by atoms with Gasteiger partial charge in [-0.1, -0.05) is 31.4 Å². The fourth-order valence-electron chi connectivity index (χ4n) is 7.28. The number of aromatic nitrogens is 1. The van der Waals surface area contributed by atoms with Gasteiger partial charge in [-0.25, -0.2) is 14.3 Å². The van der Waals surface area contributed by atoms with Crippen LogP contribution in [0.1, 0.15) is 87.6 Å². The number of carbonyl (C=O) groups is 2. The number of para-hydroxylation sites is 1. The second kappa shape index (κ2) is 16.2. The highest BCUT2D eigenvalue weighted by atomic mass is 32.2. The lowest BCUT2D eigenvalue weighted by atomic mass is 9.81. The molecule has 12 nitrogen and oxygen atoms in total. The standard InChI is InChI=1S/C38H54N4O8S/c1-38(2,3)50-37(44)39-51(45,46)41(5)21-12-20-40(4)22-19-26-24-42-31-23-28(36(43)48-7)17-18-29(31)33(27-13-9-8-10-14-27)34(42)30-15-11-16-32(47-6)35(30)49-25-26/h11,15-18,23,26-27H,8-10,12-14,19-22,24-25H2,1-7H3,(H,39,44)/t26-/m1/s1. The fraction of sp³-hybridized carbons (Fsp3) is 0.579. The highest BCUT2D eigenvalue weighted by molar-refractivity contribution is 7.87. The minimum Gasteiger partial charge on any atom is -0.493 e. The van der Waals surface area contributed by atoms with E-state index in [1.165, 1.54) is 39.0 Å². The van der Waals surface area contributed by atoms with Gasteiger partial charge in [-0.15, -0.1) is 0 Å². The van der Waals surface area contributed by atoms with Gasteiger partial charge in [0.15, 0.2) is 11.5 Å². The Labute approximate surface area is 302 Å². The predicted molar refractivity (Wildman–Crippen MR) is 198 cm³/mol. The van der Waals surface area contributed by atoms with Gasteiger partial charge in [0, 0.05) is 42.5 Å². The van der Waals surface area contributed by atoms with Crippen molar-refractivity contribution in [3.05, 3.63) is 47.5 Å². The third-order valence-corrected chi connectivity index (χ3v) is 11.3. The van der Waals surface area contributed by atoms with E-state index in [2.05, 4.69) is 21.6 Å². The predicted octanol–water partition coefficient (Wildman–Crippen LogP) is 6.57. The first kappa shape index (κ1) is 38.4. The molecule has 1 aromatic heterocycles. The number of rotatable bonds is 12. The van der Waals surface area contributed by atoms with E-state index in [1.54, 1.807) is 27.9 Å². The van der Waals surface area contributed by atoms with Crippen molar-refractivity contribution in [1.29, 1.82) is 0 Å². The van der Waals surface area contributed by atoms with E-state index in [1.807, 2.05) is 36.0 Å². The Morgan fingerprint density at radius 2 is 1.76 bits per heavy atom. The molecule has 3 aromatic rings. The molecule has 1 saturated carbocycles. The molecule has 1 amide bonds. The third kappa shape index (κ3) is 9.17. The summed E-state index contributed by atoms with van der Waals surface area (Å²) < 4.78 is 53.5. The van der Waals surface area contributed by atoms with Crippen molar-refractivity contribution in [2.45, 2.75) is 83.8 Å². The van der Waals surface area contributed by atoms with Gasteiger partial charge in [0.2, 0.25) is 0 Å². The van der Waals surface area contributed by atoms with Gasteiger partial charge in [0.25, 0.3) is 0 Å². The molecule has 0 radical (unpaired) electrons. The average Bonchev–Trinajstić information content (AvgIpc) is 3.39. The van der Waals surface area contributed by atoms with Crippen molar-refractivity contribution < 1.29 is 37.0 Å². The van der Waals surface area contributed by atoms with Crippen LogP contribution in [0.25, 0.3) is 22.2 Å². The minimum absolute atomic E-state index is 0.127. The molecule has 0 bridgehead atoms. The fourth-order valence-corrected chi connectivity index (χ4v) is 8.06. The molecule has 5 rings (SSSR count). The molecule has 1 aliphatic carbocycles. The molecule has 51 heavy (non-hydrogen) atoms. The summed E-state index contributed by atoms with van der Waals surface area (Å²) >= 11 is 0. The van der Waals surface area contributed by atoms with Crippen LogP contribution >= 0.6 is 0 Å². The van der Waals surface area contributed by atoms with Gasteiger partial charge in [0.1, 0.15) is 5.60 Å². The minimum atomic E-state index is -4.03. The maximum absolute atomic E-state index is 12.7. The lowest BCUT2D eigenvalue weighted by molar-refractivity contribution is 0.0564. The summed E-state index contributed by atoms with van der Waals surface area (Å²) in [6, 6.07) is 12.0. The number of nitrogens with one attached hydrogen (secondary N) is 1. The smallest absolute Gasteiger partial charge is 0.422 e. The molecule has 1 aliphatic heterocycles. The van der Waals surface area contributed by atoms with Crippen LogP contribution < -0.4 is 14.2 Å². The third-order valence-electron chi connectivity index (χ3n) is 9.85. The molecule has 2 aliphatic rings. The van der Waals surface area contributed by atoms with Crippen LogP contribution in [0, 0.1) is 5.92 Å². The van der Waals surface area contributed by atoms with Gasteiger partial charge < -0.3 is 28.4 Å². The van der Waals surface area contributed by atoms with Crippen molar-refractivity contribution in [1.82, 2.24) is 18.5 Å². The molecule has 2 aromatic carbocycles. The van der Waals surface area contributed by atoms with Gasteiger partial charge in [-0.2, -0.15) is 12.7 Å². The second-order valence-corrected chi connectivity index (χ2v) is 16.6. The molecule has 1 atom stereocenters. The first-order chi connectivity index (χ1) is 24.2. The number of fused-ring (bicyclic) bond motifs is 5. The summed E-state index contributed by atoms with van der Waals surface area (Å²) in [5, 5.41) is 1.16. The van der Waals surface area contributed by atoms with E-state index in [9.17, 15) is 18.0 Å². The van der Waals surface area contributed by atoms with E-state index >= 15 is 0 Å². The summed E-state index contributed by atoms with van der Waals surface area (Å²) in [6.07, 6.45) is 6.25. The molecule has 0 saturated heterocycles. The first-order valence-electron chi connectivity index (χ1n) is 17.9. The van der Waals surface area contributed by atoms with Crippen LogP contribution in [-0.4, -0.2) is 94.4 Å². The van der Waals surface area contributed by atoms with E-state index in [0.29, 0.717) is 43.3 Å². The number of benzene rings is 2. The Bertz CT molecular complexity index is 1810. The molecule has 280 valence electrons. The van der Waals surface area contributed by atoms with Crippen molar-refractivity contribution in [3.8, 4) is 22.8 Å². The number of esters is 1. The van der Waals surface area contributed by atoms with Gasteiger partial charge in [-0.3, -0.25) is 0 Å². The summed E-state index contributed by atoms with van der Waals surface area (Å²) in [6.45, 7) is 7.85. The molecule has 2 heterocycles. The molecule has 13 heteroatoms. The van der Waals surface area contributed by atoms with Crippen LogP contribution in [0.15, 0.2) is 36.4 Å². The van der Waals surface area contributed by atoms with Crippen molar-refractivity contribution in [3.63, 3.8) is 0 Å². The Balaban J connectivity index is 1.37. The lowest BCUT2D eigenvalue weighted by Gasteiger charge is -2.29. The van der Waals surface area contributed by atoms with Gasteiger partial charge >= 0.3 is 22.3 Å². The maximum Gasteiger partial charge on any atom is 0.422 e.